The van der Waals surface area contributed by atoms with Gasteiger partial charge in [0.15, 0.2) is 5.96 Å². The minimum Gasteiger partial charge on any atom is -0.481 e. The van der Waals surface area contributed by atoms with Crippen molar-refractivity contribution in [2.45, 2.75) is 25.7 Å². The van der Waals surface area contributed by atoms with Crippen LogP contribution in [0.5, 0.6) is 0 Å². The van der Waals surface area contributed by atoms with Crippen LogP contribution in [-0.4, -0.2) is 23.6 Å². The Bertz CT molecular complexity index is 239. The molecular formula is C9H19N3O2V. The summed E-state index contributed by atoms with van der Waals surface area (Å²) in [6.07, 6.45) is 3.32. The number of carboxylic acids is 1. The smallest absolute Gasteiger partial charge is 0.306 e. The second-order valence-corrected chi connectivity index (χ2v) is 3.82. The first-order valence-electron chi connectivity index (χ1n) is 4.87. The Balaban J connectivity index is 0. The van der Waals surface area contributed by atoms with Gasteiger partial charge in [0.1, 0.15) is 0 Å². The number of hydrogen-bond acceptors (Lipinski definition) is 2. The number of carboxylic acid groups (broad SMARTS) is 1. The molecular weight excluding hydrogens is 233 g/mol. The molecule has 15 heavy (non-hydrogen) atoms. The topological polar surface area (TPSA) is 102 Å². The normalized spacial score (nSPS) is 25.1. The van der Waals surface area contributed by atoms with Crippen molar-refractivity contribution in [3.05, 3.63) is 0 Å². The van der Waals surface area contributed by atoms with Crippen molar-refractivity contribution in [2.24, 2.45) is 28.3 Å². The Kier molecular flexibility index (Phi) is 6.44. The third-order valence-electron chi connectivity index (χ3n) is 2.73. The summed E-state index contributed by atoms with van der Waals surface area (Å²) in [6.45, 7) is 0.634. The van der Waals surface area contributed by atoms with Gasteiger partial charge in [0.25, 0.3) is 0 Å². The molecule has 1 aliphatic carbocycles. The van der Waals surface area contributed by atoms with Gasteiger partial charge in [-0.2, -0.15) is 0 Å². The van der Waals surface area contributed by atoms with Gasteiger partial charge in [-0.3, -0.25) is 9.79 Å². The predicted octanol–water partition coefficient (Wildman–Crippen LogP) is 0.394. The van der Waals surface area contributed by atoms with E-state index in [4.69, 9.17) is 16.6 Å². The molecule has 1 radical (unpaired) electrons. The van der Waals surface area contributed by atoms with Crippen molar-refractivity contribution >= 4 is 11.9 Å². The number of aliphatic imine (C=N–C) groups is 1. The molecule has 87 valence electrons. The monoisotopic (exact) mass is 252 g/mol. The zero-order valence-corrected chi connectivity index (χ0v) is 9.99. The van der Waals surface area contributed by atoms with Crippen LogP contribution in [0.1, 0.15) is 27.1 Å². The average Bonchev–Trinajstić information content (AvgIpc) is 2.15. The standard InChI is InChI=1S/C9H17N3O2.V.H2/c10-9(11)12-5-6-1-3-7(4-2-6)8(13)14;;/h6-7H,1-5H2,(H,13,14)(H4,10,11,12);;1H. The van der Waals surface area contributed by atoms with Crippen LogP contribution in [-0.2, 0) is 23.4 Å². The fraction of sp³-hybridized carbons (Fsp3) is 0.778. The van der Waals surface area contributed by atoms with Gasteiger partial charge in [0, 0.05) is 26.5 Å². The minimum absolute atomic E-state index is 0. The maximum Gasteiger partial charge on any atom is 0.306 e. The number of nitrogens with two attached hydrogens (primary N) is 2. The Hall–Kier alpha value is -0.676. The average molecular weight is 252 g/mol. The third-order valence-corrected chi connectivity index (χ3v) is 2.73. The van der Waals surface area contributed by atoms with E-state index in [0.717, 1.165) is 25.7 Å². The van der Waals surface area contributed by atoms with E-state index >= 15 is 0 Å². The molecule has 5 N–H and O–H groups in total. The van der Waals surface area contributed by atoms with E-state index < -0.39 is 5.97 Å². The molecule has 0 amide bonds. The fourth-order valence-corrected chi connectivity index (χ4v) is 1.83. The number of guanidine groups is 1. The quantitative estimate of drug-likeness (QED) is 0.499. The van der Waals surface area contributed by atoms with Gasteiger partial charge in [-0.05, 0) is 31.6 Å². The molecule has 0 aromatic heterocycles. The number of hydrogen-bond donors (Lipinski definition) is 3. The minimum atomic E-state index is -0.676. The van der Waals surface area contributed by atoms with E-state index in [1.54, 1.807) is 0 Å². The Morgan fingerprint density at radius 2 is 1.87 bits per heavy atom. The van der Waals surface area contributed by atoms with Gasteiger partial charge in [-0.1, -0.05) is 0 Å². The fourth-order valence-electron chi connectivity index (χ4n) is 1.83. The van der Waals surface area contributed by atoms with Crippen molar-refractivity contribution in [2.75, 3.05) is 6.54 Å². The summed E-state index contributed by atoms with van der Waals surface area (Å²) in [5.41, 5.74) is 10.4. The zero-order chi connectivity index (χ0) is 10.6. The second-order valence-electron chi connectivity index (χ2n) is 3.82. The summed E-state index contributed by atoms with van der Waals surface area (Å²) in [5.74, 6) is -0.270. The summed E-state index contributed by atoms with van der Waals surface area (Å²) in [4.78, 5) is 14.6. The van der Waals surface area contributed by atoms with Gasteiger partial charge in [0.05, 0.1) is 5.92 Å². The van der Waals surface area contributed by atoms with Crippen LogP contribution < -0.4 is 11.5 Å². The second kappa shape index (κ2) is 6.74. The number of aliphatic carboxylic acids is 1. The van der Waals surface area contributed by atoms with Crippen molar-refractivity contribution < 1.29 is 29.9 Å². The van der Waals surface area contributed by atoms with Crippen LogP contribution in [0.25, 0.3) is 0 Å². The number of rotatable bonds is 3. The van der Waals surface area contributed by atoms with Gasteiger partial charge >= 0.3 is 5.97 Å². The van der Waals surface area contributed by atoms with Gasteiger partial charge in [-0.25, -0.2) is 0 Å². The van der Waals surface area contributed by atoms with E-state index in [9.17, 15) is 4.79 Å². The number of carbonyl (C=O) groups is 1. The molecule has 0 aromatic carbocycles. The van der Waals surface area contributed by atoms with Crippen LogP contribution >= 0.6 is 0 Å². The molecule has 1 rings (SSSR count). The van der Waals surface area contributed by atoms with Crippen molar-refractivity contribution in [3.63, 3.8) is 0 Å². The first kappa shape index (κ1) is 14.3. The molecule has 0 heterocycles. The molecule has 1 aliphatic rings. The van der Waals surface area contributed by atoms with Gasteiger partial charge in [0.2, 0.25) is 0 Å². The molecule has 0 spiro atoms. The molecule has 0 saturated heterocycles. The van der Waals surface area contributed by atoms with Crippen molar-refractivity contribution in [3.8, 4) is 0 Å². The van der Waals surface area contributed by atoms with Gasteiger partial charge < -0.3 is 16.6 Å². The Morgan fingerprint density at radius 3 is 2.27 bits per heavy atom. The van der Waals surface area contributed by atoms with Crippen LogP contribution in [0.15, 0.2) is 4.99 Å². The van der Waals surface area contributed by atoms with Crippen LogP contribution in [0.4, 0.5) is 0 Å². The molecule has 0 unspecified atom stereocenters. The van der Waals surface area contributed by atoms with E-state index in [0.29, 0.717) is 12.5 Å². The number of nitrogens with zero attached hydrogens (tertiary/aromatic N) is 1. The largest absolute Gasteiger partial charge is 0.481 e. The summed E-state index contributed by atoms with van der Waals surface area (Å²) in [5, 5.41) is 8.78. The summed E-state index contributed by atoms with van der Waals surface area (Å²) < 4.78 is 0. The van der Waals surface area contributed by atoms with Crippen LogP contribution in [0.2, 0.25) is 0 Å². The molecule has 0 aromatic rings. The van der Waals surface area contributed by atoms with E-state index in [1.165, 1.54) is 0 Å². The first-order chi connectivity index (χ1) is 6.59. The molecule has 6 heteroatoms. The Labute approximate surface area is 103 Å². The van der Waals surface area contributed by atoms with Crippen LogP contribution in [0.3, 0.4) is 0 Å². The van der Waals surface area contributed by atoms with Crippen molar-refractivity contribution in [1.82, 2.24) is 0 Å². The SMILES string of the molecule is NC(N)=NCC1CCC(C(=O)O)CC1.[HH].[V]. The molecule has 0 bridgehead atoms. The first-order valence-corrected chi connectivity index (χ1v) is 4.87. The van der Waals surface area contributed by atoms with E-state index in [1.807, 2.05) is 0 Å². The Morgan fingerprint density at radius 1 is 1.33 bits per heavy atom. The third kappa shape index (κ3) is 5.09. The van der Waals surface area contributed by atoms with Gasteiger partial charge in [-0.15, -0.1) is 0 Å². The zero-order valence-electron chi connectivity index (χ0n) is 8.59. The molecule has 0 atom stereocenters. The maximum absolute atomic E-state index is 10.7. The maximum atomic E-state index is 10.7. The summed E-state index contributed by atoms with van der Waals surface area (Å²) in [7, 11) is 0. The molecule has 5 nitrogen and oxygen atoms in total. The molecule has 0 aliphatic heterocycles. The summed E-state index contributed by atoms with van der Waals surface area (Å²) in [6, 6.07) is 0. The summed E-state index contributed by atoms with van der Waals surface area (Å²) >= 11 is 0. The van der Waals surface area contributed by atoms with Crippen molar-refractivity contribution in [1.29, 1.82) is 0 Å². The molecule has 1 saturated carbocycles. The van der Waals surface area contributed by atoms with Crippen LogP contribution in [0, 0.1) is 11.8 Å². The predicted molar refractivity (Wildman–Crippen MR) is 55.9 cm³/mol. The van der Waals surface area contributed by atoms with E-state index in [2.05, 4.69) is 4.99 Å². The molecule has 1 fully saturated rings. The van der Waals surface area contributed by atoms with E-state index in [-0.39, 0.29) is 31.9 Å².